The molecule has 3 rings (SSSR count). The van der Waals surface area contributed by atoms with E-state index in [1.807, 2.05) is 0 Å². The Hall–Kier alpha value is -2.13. The minimum atomic E-state index is -4.49. The van der Waals surface area contributed by atoms with E-state index < -0.39 is 17.6 Å². The van der Waals surface area contributed by atoms with Gasteiger partial charge in [0.1, 0.15) is 5.82 Å². The molecule has 0 spiro atoms. The molecule has 1 fully saturated rings. The zero-order valence-corrected chi connectivity index (χ0v) is 16.0. The summed E-state index contributed by atoms with van der Waals surface area (Å²) in [4.78, 5) is 2.07. The van der Waals surface area contributed by atoms with E-state index >= 15 is 0 Å². The molecule has 0 radical (unpaired) electrons. The number of hydrogen-bond acceptors (Lipinski definition) is 5. The molecule has 2 heterocycles. The highest BCUT2D eigenvalue weighted by Crippen LogP contribution is 2.30. The molecule has 0 amide bonds. The van der Waals surface area contributed by atoms with Crippen molar-refractivity contribution in [3.05, 3.63) is 46.4 Å². The maximum absolute atomic E-state index is 13.2. The zero-order valence-electron chi connectivity index (χ0n) is 15.3. The lowest BCUT2D eigenvalue weighted by molar-refractivity contribution is -0.137. The highest BCUT2D eigenvalue weighted by molar-refractivity contribution is 6.29. The van der Waals surface area contributed by atoms with Crippen LogP contribution in [0.25, 0.3) is 0 Å². The third-order valence-electron chi connectivity index (χ3n) is 4.12. The minimum Gasteiger partial charge on any atom is -0.493 e. The Kier molecular flexibility index (Phi) is 7.82. The van der Waals surface area contributed by atoms with Gasteiger partial charge in [-0.2, -0.15) is 13.2 Å². The summed E-state index contributed by atoms with van der Waals surface area (Å²) in [5.41, 5.74) is 4.83. The van der Waals surface area contributed by atoms with Crippen molar-refractivity contribution in [3.8, 4) is 5.75 Å². The van der Waals surface area contributed by atoms with Crippen molar-refractivity contribution in [2.24, 2.45) is 0 Å². The number of nitrogen functional groups attached to an aromatic ring is 1. The number of hydrogen-bond donors (Lipinski definition) is 1. The van der Waals surface area contributed by atoms with Crippen LogP contribution in [0.1, 0.15) is 30.4 Å². The van der Waals surface area contributed by atoms with Crippen LogP contribution < -0.4 is 10.5 Å². The predicted octanol–water partition coefficient (Wildman–Crippen LogP) is 4.55. The quantitative estimate of drug-likeness (QED) is 0.738. The fraction of sp³-hybridized carbons (Fsp3) is 0.444. The van der Waals surface area contributed by atoms with Crippen molar-refractivity contribution >= 4 is 17.4 Å². The molecule has 0 unspecified atom stereocenters. The molecular weight excluding hydrogens is 400 g/mol. The van der Waals surface area contributed by atoms with Gasteiger partial charge >= 0.3 is 6.18 Å². The lowest BCUT2D eigenvalue weighted by atomic mass is 10.1. The van der Waals surface area contributed by atoms with Gasteiger partial charge in [0.05, 0.1) is 12.7 Å². The molecular formula is C18H21ClF4N4O. The first-order valence-corrected chi connectivity index (χ1v) is 8.98. The molecule has 1 aliphatic rings. The average Bonchev–Trinajstić information content (AvgIpc) is 2.64. The third kappa shape index (κ3) is 6.79. The number of piperidine rings is 1. The van der Waals surface area contributed by atoms with Crippen molar-refractivity contribution < 1.29 is 22.3 Å². The van der Waals surface area contributed by atoms with Gasteiger partial charge in [0.15, 0.2) is 16.7 Å². The van der Waals surface area contributed by atoms with Crippen LogP contribution in [0.3, 0.4) is 0 Å². The summed E-state index contributed by atoms with van der Waals surface area (Å²) in [6.07, 6.45) is -1.21. The number of ether oxygens (including phenoxy) is 1. The molecule has 28 heavy (non-hydrogen) atoms. The Morgan fingerprint density at radius 3 is 2.36 bits per heavy atom. The number of nitrogens with two attached hydrogens (primary N) is 1. The van der Waals surface area contributed by atoms with E-state index in [0.717, 1.165) is 38.4 Å². The van der Waals surface area contributed by atoms with Gasteiger partial charge in [0.2, 0.25) is 0 Å². The van der Waals surface area contributed by atoms with E-state index in [4.69, 9.17) is 22.1 Å². The summed E-state index contributed by atoms with van der Waals surface area (Å²) in [6.45, 7) is 2.14. The number of rotatable bonds is 3. The van der Waals surface area contributed by atoms with Gasteiger partial charge in [-0.25, -0.2) is 4.39 Å². The van der Waals surface area contributed by atoms with Crippen molar-refractivity contribution in [3.63, 3.8) is 0 Å². The number of aromatic nitrogens is 2. The molecule has 10 heteroatoms. The smallest absolute Gasteiger partial charge is 0.416 e. The molecule has 1 saturated heterocycles. The lowest BCUT2D eigenvalue weighted by Crippen LogP contribution is -2.29. The van der Waals surface area contributed by atoms with Gasteiger partial charge in [-0.15, -0.1) is 10.2 Å². The van der Waals surface area contributed by atoms with Gasteiger partial charge < -0.3 is 10.5 Å². The topological polar surface area (TPSA) is 64.3 Å². The van der Waals surface area contributed by atoms with Crippen LogP contribution in [0.4, 0.5) is 23.4 Å². The number of methoxy groups -OCH3 is 1. The van der Waals surface area contributed by atoms with Crippen molar-refractivity contribution in [1.82, 2.24) is 15.1 Å². The second-order valence-corrected chi connectivity index (χ2v) is 6.69. The Labute approximate surface area is 165 Å². The van der Waals surface area contributed by atoms with E-state index in [2.05, 4.69) is 15.1 Å². The van der Waals surface area contributed by atoms with Crippen LogP contribution in [-0.4, -0.2) is 35.3 Å². The summed E-state index contributed by atoms with van der Waals surface area (Å²) < 4.78 is 55.6. The number of alkyl halides is 3. The van der Waals surface area contributed by atoms with Crippen molar-refractivity contribution in [2.45, 2.75) is 32.0 Å². The first-order chi connectivity index (χ1) is 13.2. The maximum atomic E-state index is 13.2. The Bertz CT molecular complexity index is 783. The van der Waals surface area contributed by atoms with Crippen LogP contribution in [0.15, 0.2) is 24.3 Å². The maximum Gasteiger partial charge on any atom is 0.416 e. The Morgan fingerprint density at radius 2 is 1.79 bits per heavy atom. The van der Waals surface area contributed by atoms with Crippen LogP contribution >= 0.6 is 11.6 Å². The van der Waals surface area contributed by atoms with Gasteiger partial charge in [-0.1, -0.05) is 18.0 Å². The zero-order chi connectivity index (χ0) is 20.7. The lowest BCUT2D eigenvalue weighted by Gasteiger charge is -2.26. The molecule has 1 aromatic carbocycles. The monoisotopic (exact) mass is 420 g/mol. The van der Waals surface area contributed by atoms with E-state index in [1.54, 1.807) is 0 Å². The molecule has 1 aromatic heterocycles. The fourth-order valence-electron chi connectivity index (χ4n) is 2.81. The van der Waals surface area contributed by atoms with Crippen molar-refractivity contribution in [1.29, 1.82) is 0 Å². The molecule has 2 N–H and O–H groups in total. The van der Waals surface area contributed by atoms with Crippen LogP contribution in [0.5, 0.6) is 5.75 Å². The van der Waals surface area contributed by atoms with E-state index in [-0.39, 0.29) is 11.0 Å². The number of anilines is 1. The predicted molar refractivity (Wildman–Crippen MR) is 98.5 cm³/mol. The molecule has 0 aliphatic carbocycles. The average molecular weight is 421 g/mol. The summed E-state index contributed by atoms with van der Waals surface area (Å²) in [5.74, 6) is -0.135. The van der Waals surface area contributed by atoms with Gasteiger partial charge in [-0.05, 0) is 49.7 Å². The minimum absolute atomic E-state index is 0.243. The number of likely N-dealkylation sites (tertiary alicyclic amines) is 1. The summed E-state index contributed by atoms with van der Waals surface area (Å²) in [5, 5.41) is 7.29. The number of halogens is 5. The van der Waals surface area contributed by atoms with Crippen LogP contribution in [0.2, 0.25) is 5.15 Å². The standard InChI is InChI=1S/C13H15F4N.C5H6ClN3O/c14-12-7-10(6-11(8-12)13(15,16)17)9-18-4-2-1-3-5-18;1-10-3-2-4(6)8-9-5(3)7/h6-8H,1-5,9H2;2H,1H3,(H2,7,9). The summed E-state index contributed by atoms with van der Waals surface area (Å²) >= 11 is 5.49. The third-order valence-corrected chi connectivity index (χ3v) is 4.30. The SMILES string of the molecule is COc1cc(Cl)nnc1N.Fc1cc(CN2CCCCC2)cc(C(F)(F)F)c1. The van der Waals surface area contributed by atoms with Gasteiger partial charge in [-0.3, -0.25) is 4.90 Å². The van der Waals surface area contributed by atoms with Crippen LogP contribution in [0, 0.1) is 5.82 Å². The van der Waals surface area contributed by atoms with E-state index in [9.17, 15) is 17.6 Å². The first kappa shape index (κ1) is 22.2. The largest absolute Gasteiger partial charge is 0.493 e. The molecule has 0 saturated carbocycles. The molecule has 1 aliphatic heterocycles. The second-order valence-electron chi connectivity index (χ2n) is 6.30. The Morgan fingerprint density at radius 1 is 1.11 bits per heavy atom. The summed E-state index contributed by atoms with van der Waals surface area (Å²) in [7, 11) is 1.49. The normalized spacial score (nSPS) is 14.9. The van der Waals surface area contributed by atoms with Gasteiger partial charge in [0.25, 0.3) is 0 Å². The molecule has 5 nitrogen and oxygen atoms in total. The van der Waals surface area contributed by atoms with Crippen molar-refractivity contribution in [2.75, 3.05) is 25.9 Å². The van der Waals surface area contributed by atoms with E-state index in [0.29, 0.717) is 23.9 Å². The molecule has 0 bridgehead atoms. The van der Waals surface area contributed by atoms with Crippen LogP contribution in [-0.2, 0) is 12.7 Å². The Balaban J connectivity index is 0.000000237. The molecule has 154 valence electrons. The second kappa shape index (κ2) is 9.88. The first-order valence-electron chi connectivity index (χ1n) is 8.60. The number of benzene rings is 1. The highest BCUT2D eigenvalue weighted by atomic mass is 35.5. The summed E-state index contributed by atoms with van der Waals surface area (Å²) in [6, 6.07) is 4.27. The van der Waals surface area contributed by atoms with Gasteiger partial charge in [0, 0.05) is 12.6 Å². The fourth-order valence-corrected chi connectivity index (χ4v) is 2.94. The number of nitrogens with zero attached hydrogens (tertiary/aromatic N) is 3. The van der Waals surface area contributed by atoms with E-state index in [1.165, 1.54) is 19.2 Å². The highest BCUT2D eigenvalue weighted by Gasteiger charge is 2.31. The molecule has 2 aromatic rings. The molecule has 0 atom stereocenters.